The van der Waals surface area contributed by atoms with Crippen LogP contribution in [0, 0.1) is 11.8 Å². The van der Waals surface area contributed by atoms with Crippen molar-refractivity contribution in [3.63, 3.8) is 0 Å². The molecule has 0 amide bonds. The van der Waals surface area contributed by atoms with Crippen molar-refractivity contribution in [1.82, 2.24) is 9.55 Å². The van der Waals surface area contributed by atoms with Crippen molar-refractivity contribution < 1.29 is 0 Å². The maximum absolute atomic E-state index is 5.21. The Morgan fingerprint density at radius 3 is 2.30 bits per heavy atom. The van der Waals surface area contributed by atoms with Gasteiger partial charge in [0.05, 0.1) is 11.0 Å². The molecule has 7 aromatic rings. The number of aromatic nitrogens is 2. The lowest BCUT2D eigenvalue weighted by molar-refractivity contribution is 0.583. The van der Waals surface area contributed by atoms with Gasteiger partial charge in [-0.2, -0.15) is 0 Å². The van der Waals surface area contributed by atoms with E-state index in [4.69, 9.17) is 4.98 Å². The van der Waals surface area contributed by atoms with Crippen LogP contribution in [0.15, 0.2) is 157 Å². The summed E-state index contributed by atoms with van der Waals surface area (Å²) in [4.78, 5) is 5.21. The molecule has 0 radical (unpaired) electrons. The predicted molar refractivity (Wildman–Crippen MR) is 238 cm³/mol. The standard InChI is InChI=1S/C54H44N2/c1-35-11-10-16-45(31-35)56-51-20-9-8-19-50(51)55-54(56)39-25-21-38(22-26-39)42-29-30-48-49(34-42)53(44-28-24-37-13-3-5-15-41(37)33-44)47-18-7-6-17-46(47)52(48)43-27-23-36-12-2-4-14-40(36)32-43/h2-5,8-9,12-15,17-31,33-35,40H,6-7,10-11,16,32H2,1H3. The maximum Gasteiger partial charge on any atom is 0.145 e. The van der Waals surface area contributed by atoms with Gasteiger partial charge in [0, 0.05) is 17.2 Å². The highest BCUT2D eigenvalue weighted by Gasteiger charge is 2.24. The first kappa shape index (κ1) is 33.1. The number of allylic oxidation sites excluding steroid dienone is 10. The van der Waals surface area contributed by atoms with Crippen LogP contribution in [0.2, 0.25) is 0 Å². The van der Waals surface area contributed by atoms with E-state index in [0.717, 1.165) is 42.6 Å². The van der Waals surface area contributed by atoms with Crippen molar-refractivity contribution in [2.75, 3.05) is 0 Å². The van der Waals surface area contributed by atoms with E-state index in [9.17, 15) is 0 Å². The van der Waals surface area contributed by atoms with E-state index in [0.29, 0.717) is 11.8 Å². The van der Waals surface area contributed by atoms with Crippen LogP contribution in [0.5, 0.6) is 0 Å². The van der Waals surface area contributed by atoms with Gasteiger partial charge in [0.1, 0.15) is 5.82 Å². The molecule has 4 aliphatic rings. The normalized spacial score (nSPS) is 18.8. The van der Waals surface area contributed by atoms with Gasteiger partial charge < -0.3 is 0 Å². The summed E-state index contributed by atoms with van der Waals surface area (Å²) in [6.45, 7) is 2.33. The van der Waals surface area contributed by atoms with Gasteiger partial charge >= 0.3 is 0 Å². The molecule has 270 valence electrons. The lowest BCUT2D eigenvalue weighted by Crippen LogP contribution is -2.33. The highest BCUT2D eigenvalue weighted by atomic mass is 15.1. The fourth-order valence-corrected chi connectivity index (χ4v) is 9.85. The second kappa shape index (κ2) is 13.5. The van der Waals surface area contributed by atoms with Gasteiger partial charge in [-0.15, -0.1) is 0 Å². The number of para-hydroxylation sites is 2. The van der Waals surface area contributed by atoms with Crippen LogP contribution in [0.4, 0.5) is 0 Å². The van der Waals surface area contributed by atoms with E-state index < -0.39 is 0 Å². The summed E-state index contributed by atoms with van der Waals surface area (Å²) in [5, 5.41) is 7.97. The number of nitrogens with zero attached hydrogens (tertiary/aromatic N) is 2. The van der Waals surface area contributed by atoms with E-state index in [1.165, 1.54) is 95.0 Å². The third kappa shape index (κ3) is 5.58. The average molecular weight is 721 g/mol. The number of rotatable bonds is 5. The smallest absolute Gasteiger partial charge is 0.145 e. The van der Waals surface area contributed by atoms with Gasteiger partial charge in [0.25, 0.3) is 0 Å². The number of benzene rings is 6. The van der Waals surface area contributed by atoms with E-state index in [1.54, 1.807) is 0 Å². The van der Waals surface area contributed by atoms with Gasteiger partial charge in [-0.05, 0) is 140 Å². The van der Waals surface area contributed by atoms with Crippen LogP contribution in [0.3, 0.4) is 0 Å². The Balaban J connectivity index is 1.10. The summed E-state index contributed by atoms with van der Waals surface area (Å²) < 4.78 is 2.42. The fraction of sp³-hybridized carbons (Fsp3) is 0.167. The molecule has 0 saturated heterocycles. The summed E-state index contributed by atoms with van der Waals surface area (Å²) in [5.74, 6) is 2.02. The Morgan fingerprint density at radius 2 is 1.43 bits per heavy atom. The minimum Gasteiger partial charge on any atom is -0.296 e. The first-order chi connectivity index (χ1) is 27.7. The average Bonchev–Trinajstić information content (AvgIpc) is 3.65. The molecular weight excluding hydrogens is 677 g/mol. The molecule has 4 aliphatic carbocycles. The number of hydrogen-bond acceptors (Lipinski definition) is 1. The summed E-state index contributed by atoms with van der Waals surface area (Å²) in [5.41, 5.74) is 14.1. The zero-order chi connectivity index (χ0) is 37.2. The minimum absolute atomic E-state index is 0.419. The van der Waals surface area contributed by atoms with Crippen LogP contribution in [0.25, 0.3) is 89.6 Å². The van der Waals surface area contributed by atoms with Gasteiger partial charge in [0.2, 0.25) is 0 Å². The maximum atomic E-state index is 5.21. The molecule has 0 fully saturated rings. The van der Waals surface area contributed by atoms with Crippen molar-refractivity contribution in [2.24, 2.45) is 11.8 Å². The van der Waals surface area contributed by atoms with Crippen LogP contribution in [0.1, 0.15) is 51.0 Å². The first-order valence-electron chi connectivity index (χ1n) is 20.5. The Bertz CT molecular complexity index is 3030. The van der Waals surface area contributed by atoms with Crippen LogP contribution in [-0.4, -0.2) is 9.55 Å². The van der Waals surface area contributed by atoms with Gasteiger partial charge in [0.15, 0.2) is 0 Å². The molecule has 1 heterocycles. The van der Waals surface area contributed by atoms with Crippen LogP contribution < -0.4 is 10.4 Å². The molecule has 0 spiro atoms. The van der Waals surface area contributed by atoms with Crippen molar-refractivity contribution in [3.8, 4) is 33.6 Å². The molecule has 56 heavy (non-hydrogen) atoms. The molecule has 2 nitrogen and oxygen atoms in total. The summed E-state index contributed by atoms with van der Waals surface area (Å²) in [6, 6.07) is 40.7. The van der Waals surface area contributed by atoms with Gasteiger partial charge in [-0.1, -0.05) is 147 Å². The highest BCUT2D eigenvalue weighted by Crippen LogP contribution is 2.40. The molecule has 0 saturated carbocycles. The highest BCUT2D eigenvalue weighted by molar-refractivity contribution is 6.06. The second-order valence-corrected chi connectivity index (χ2v) is 16.2. The van der Waals surface area contributed by atoms with Crippen LogP contribution in [-0.2, 0) is 0 Å². The SMILES string of the molecule is CC1C=C(n2c(-c3ccc(-c4ccc5c(C6=CC=C7C=CC=CC7C6)c6c(c(-c7ccc8ccccc8c7)c5c4)=CCCC=6)cc3)nc3ccccc32)CCC1. The molecule has 6 aromatic carbocycles. The largest absolute Gasteiger partial charge is 0.296 e. The van der Waals surface area contributed by atoms with Crippen molar-refractivity contribution >= 4 is 56.0 Å². The van der Waals surface area contributed by atoms with Crippen molar-refractivity contribution in [1.29, 1.82) is 0 Å². The number of fused-ring (bicyclic) bond motifs is 5. The number of hydrogen-bond donors (Lipinski definition) is 0. The number of imidazole rings is 1. The zero-order valence-corrected chi connectivity index (χ0v) is 31.9. The molecule has 0 N–H and O–H groups in total. The van der Waals surface area contributed by atoms with E-state index in [1.807, 2.05) is 0 Å². The van der Waals surface area contributed by atoms with E-state index in [-0.39, 0.29) is 0 Å². The lowest BCUT2D eigenvalue weighted by Gasteiger charge is -2.25. The van der Waals surface area contributed by atoms with Crippen molar-refractivity contribution in [3.05, 3.63) is 173 Å². The summed E-state index contributed by atoms with van der Waals surface area (Å²) in [7, 11) is 0. The Labute approximate surface area is 328 Å². The van der Waals surface area contributed by atoms with Gasteiger partial charge in [-0.3, -0.25) is 4.57 Å². The fourth-order valence-electron chi connectivity index (χ4n) is 9.85. The Hall–Kier alpha value is -6.25. The third-order valence-corrected chi connectivity index (χ3v) is 12.6. The quantitative estimate of drug-likeness (QED) is 0.173. The van der Waals surface area contributed by atoms with E-state index >= 15 is 0 Å². The molecule has 1 aromatic heterocycles. The minimum atomic E-state index is 0.419. The second-order valence-electron chi connectivity index (χ2n) is 16.2. The first-order valence-corrected chi connectivity index (χ1v) is 20.5. The van der Waals surface area contributed by atoms with Gasteiger partial charge in [-0.25, -0.2) is 4.98 Å². The molecule has 0 aliphatic heterocycles. The molecule has 11 rings (SSSR count). The van der Waals surface area contributed by atoms with Crippen molar-refractivity contribution in [2.45, 2.75) is 45.4 Å². The molecule has 2 heteroatoms. The molecular formula is C54H44N2. The molecule has 2 atom stereocenters. The predicted octanol–water partition coefficient (Wildman–Crippen LogP) is 12.8. The topological polar surface area (TPSA) is 17.8 Å². The van der Waals surface area contributed by atoms with E-state index in [2.05, 4.69) is 175 Å². The Morgan fingerprint density at radius 1 is 0.661 bits per heavy atom. The van der Waals surface area contributed by atoms with Crippen LogP contribution >= 0.6 is 0 Å². The zero-order valence-electron chi connectivity index (χ0n) is 31.9. The summed E-state index contributed by atoms with van der Waals surface area (Å²) in [6.07, 6.45) is 27.9. The third-order valence-electron chi connectivity index (χ3n) is 12.6. The monoisotopic (exact) mass is 720 g/mol. The molecule has 0 bridgehead atoms. The lowest BCUT2D eigenvalue weighted by atomic mass is 9.78. The summed E-state index contributed by atoms with van der Waals surface area (Å²) >= 11 is 0. The Kier molecular flexibility index (Phi) is 7.98. The molecule has 2 unspecified atom stereocenters.